The number of sulfonamides is 1. The predicted molar refractivity (Wildman–Crippen MR) is 113 cm³/mol. The number of carbonyl (C=O) groups excluding carboxylic acids is 1. The summed E-state index contributed by atoms with van der Waals surface area (Å²) in [6, 6.07) is 10.2. The molecule has 2 heterocycles. The molecule has 164 valence electrons. The molecule has 0 spiro atoms. The van der Waals surface area contributed by atoms with E-state index in [1.807, 2.05) is 4.72 Å². The maximum absolute atomic E-state index is 12.8. The number of nitro groups is 1. The van der Waals surface area contributed by atoms with Crippen molar-refractivity contribution in [3.8, 4) is 0 Å². The van der Waals surface area contributed by atoms with Crippen LogP contribution in [0.3, 0.4) is 0 Å². The molecule has 4 rings (SSSR count). The highest BCUT2D eigenvalue weighted by Gasteiger charge is 2.33. The van der Waals surface area contributed by atoms with Gasteiger partial charge in [-0.3, -0.25) is 19.8 Å². The zero-order chi connectivity index (χ0) is 22.0. The maximum atomic E-state index is 12.8. The van der Waals surface area contributed by atoms with Gasteiger partial charge in [0.1, 0.15) is 5.69 Å². The van der Waals surface area contributed by atoms with E-state index in [0.29, 0.717) is 37.4 Å². The number of carbonyl (C=O) groups is 1. The van der Waals surface area contributed by atoms with E-state index in [0.717, 1.165) is 19.2 Å². The van der Waals surface area contributed by atoms with Gasteiger partial charge in [-0.15, -0.1) is 0 Å². The molecule has 11 heteroatoms. The monoisotopic (exact) mass is 446 g/mol. The van der Waals surface area contributed by atoms with Crippen molar-refractivity contribution in [1.29, 1.82) is 0 Å². The molecule has 0 saturated carbocycles. The highest BCUT2D eigenvalue weighted by molar-refractivity contribution is 7.90. The van der Waals surface area contributed by atoms with Crippen LogP contribution in [0.2, 0.25) is 0 Å². The number of anilines is 1. The summed E-state index contributed by atoms with van der Waals surface area (Å²) >= 11 is 0. The molecule has 2 aliphatic rings. The summed E-state index contributed by atoms with van der Waals surface area (Å²) < 4.78 is 32.9. The van der Waals surface area contributed by atoms with Gasteiger partial charge < -0.3 is 10.1 Å². The number of fused-ring (bicyclic) bond motifs is 1. The molecule has 2 aliphatic heterocycles. The summed E-state index contributed by atoms with van der Waals surface area (Å²) in [6.45, 7) is 3.51. The molecule has 0 bridgehead atoms. The number of amides is 1. The van der Waals surface area contributed by atoms with Crippen molar-refractivity contribution in [3.05, 3.63) is 63.7 Å². The molecule has 1 saturated heterocycles. The quantitative estimate of drug-likeness (QED) is 0.503. The molecule has 2 aromatic carbocycles. The van der Waals surface area contributed by atoms with Crippen molar-refractivity contribution < 1.29 is 22.9 Å². The van der Waals surface area contributed by atoms with Crippen molar-refractivity contribution in [1.82, 2.24) is 9.62 Å². The highest BCUT2D eigenvalue weighted by atomic mass is 32.2. The number of rotatable bonds is 6. The molecule has 31 heavy (non-hydrogen) atoms. The lowest BCUT2D eigenvalue weighted by molar-refractivity contribution is -0.384. The van der Waals surface area contributed by atoms with E-state index in [1.165, 1.54) is 18.2 Å². The molecule has 1 amide bonds. The first-order chi connectivity index (χ1) is 14.8. The van der Waals surface area contributed by atoms with Crippen molar-refractivity contribution in [2.75, 3.05) is 38.2 Å². The third-order valence-corrected chi connectivity index (χ3v) is 6.65. The fourth-order valence-corrected chi connectivity index (χ4v) is 4.88. The topological polar surface area (TPSA) is 131 Å². The van der Waals surface area contributed by atoms with Crippen LogP contribution in [0.25, 0.3) is 0 Å². The van der Waals surface area contributed by atoms with Crippen molar-refractivity contribution in [2.45, 2.75) is 17.4 Å². The van der Waals surface area contributed by atoms with E-state index in [2.05, 4.69) is 10.2 Å². The minimum Gasteiger partial charge on any atom is -0.379 e. The molecule has 2 aromatic rings. The minimum absolute atomic E-state index is 0.0799. The van der Waals surface area contributed by atoms with Crippen LogP contribution in [0, 0.1) is 10.1 Å². The van der Waals surface area contributed by atoms with Crippen LogP contribution >= 0.6 is 0 Å². The first-order valence-corrected chi connectivity index (χ1v) is 11.3. The second-order valence-electron chi connectivity index (χ2n) is 7.49. The Hall–Kier alpha value is -3.02. The van der Waals surface area contributed by atoms with Crippen LogP contribution < -0.4 is 10.0 Å². The average molecular weight is 446 g/mol. The van der Waals surface area contributed by atoms with Crippen LogP contribution in [0.1, 0.15) is 15.9 Å². The van der Waals surface area contributed by atoms with Gasteiger partial charge in [0.05, 0.1) is 23.0 Å². The molecule has 10 nitrogen and oxygen atoms in total. The standard InChI is InChI=1S/C20H22N4O6S/c25-20(14-4-2-1-3-5-14)22-31(28,29)17-11-15-10-16(13-23-6-8-30-9-7-23)21-19(15)18(12-17)24(26)27/h1-5,11-12,16,21H,6-10,13H2,(H,22,25). The Kier molecular flexibility index (Phi) is 5.90. The Balaban J connectivity index is 1.57. The Bertz CT molecular complexity index is 1100. The summed E-state index contributed by atoms with van der Waals surface area (Å²) in [6.07, 6.45) is 0.448. The molecule has 0 aliphatic carbocycles. The number of hydrogen-bond donors (Lipinski definition) is 2. The molecular formula is C20H22N4O6S. The lowest BCUT2D eigenvalue weighted by atomic mass is 10.1. The SMILES string of the molecule is O=C(NS(=O)(=O)c1cc2c(c([N+](=O)[O-])c1)NC(CN1CCOCC1)C2)c1ccccc1. The second kappa shape index (κ2) is 8.61. The van der Waals surface area contributed by atoms with Crippen molar-refractivity contribution in [2.24, 2.45) is 0 Å². The summed E-state index contributed by atoms with van der Waals surface area (Å²) in [5.74, 6) is -0.799. The molecule has 1 atom stereocenters. The van der Waals surface area contributed by atoms with Crippen LogP contribution in [-0.4, -0.2) is 63.0 Å². The van der Waals surface area contributed by atoms with E-state index in [-0.39, 0.29) is 22.2 Å². The predicted octanol–water partition coefficient (Wildman–Crippen LogP) is 1.38. The summed E-state index contributed by atoms with van der Waals surface area (Å²) in [5, 5.41) is 14.8. The molecule has 0 aromatic heterocycles. The van der Waals surface area contributed by atoms with Crippen LogP contribution in [0.4, 0.5) is 11.4 Å². The smallest absolute Gasteiger partial charge is 0.293 e. The number of morpholine rings is 1. The fourth-order valence-electron chi connectivity index (χ4n) is 3.84. The molecular weight excluding hydrogens is 424 g/mol. The summed E-state index contributed by atoms with van der Waals surface area (Å²) in [5.41, 5.74) is 0.722. The highest BCUT2D eigenvalue weighted by Crippen LogP contribution is 2.37. The number of nitrogens with one attached hydrogen (secondary N) is 2. The van der Waals surface area contributed by atoms with Gasteiger partial charge in [0.25, 0.3) is 21.6 Å². The Morgan fingerprint density at radius 2 is 1.94 bits per heavy atom. The summed E-state index contributed by atoms with van der Waals surface area (Å²) in [4.78, 5) is 25.2. The third kappa shape index (κ3) is 4.68. The fraction of sp³-hybridized carbons (Fsp3) is 0.350. The maximum Gasteiger partial charge on any atom is 0.293 e. The van der Waals surface area contributed by atoms with Gasteiger partial charge in [-0.1, -0.05) is 18.2 Å². The number of ether oxygens (including phenoxy) is 1. The lowest BCUT2D eigenvalue weighted by Crippen LogP contribution is -2.42. The third-order valence-electron chi connectivity index (χ3n) is 5.34. The summed E-state index contributed by atoms with van der Waals surface area (Å²) in [7, 11) is -4.29. The minimum atomic E-state index is -4.29. The van der Waals surface area contributed by atoms with Gasteiger partial charge in [-0.25, -0.2) is 13.1 Å². The number of benzene rings is 2. The van der Waals surface area contributed by atoms with Gasteiger partial charge in [0, 0.05) is 37.3 Å². The Labute approximate surface area is 179 Å². The zero-order valence-electron chi connectivity index (χ0n) is 16.6. The Morgan fingerprint density at radius 3 is 2.61 bits per heavy atom. The largest absolute Gasteiger partial charge is 0.379 e. The Morgan fingerprint density at radius 1 is 1.23 bits per heavy atom. The second-order valence-corrected chi connectivity index (χ2v) is 9.18. The van der Waals surface area contributed by atoms with E-state index in [1.54, 1.807) is 18.2 Å². The number of nitrogens with zero attached hydrogens (tertiary/aromatic N) is 2. The van der Waals surface area contributed by atoms with E-state index in [9.17, 15) is 23.3 Å². The number of nitro benzene ring substituents is 1. The van der Waals surface area contributed by atoms with Gasteiger partial charge in [-0.2, -0.15) is 0 Å². The first-order valence-electron chi connectivity index (χ1n) is 9.83. The molecule has 0 radical (unpaired) electrons. The van der Waals surface area contributed by atoms with Crippen LogP contribution in [-0.2, 0) is 21.2 Å². The molecule has 1 unspecified atom stereocenters. The van der Waals surface area contributed by atoms with Gasteiger partial charge in [0.2, 0.25) is 0 Å². The zero-order valence-corrected chi connectivity index (χ0v) is 17.4. The van der Waals surface area contributed by atoms with Crippen LogP contribution in [0.15, 0.2) is 47.4 Å². The lowest BCUT2D eigenvalue weighted by Gasteiger charge is -2.29. The number of hydrogen-bond acceptors (Lipinski definition) is 8. The van der Waals surface area contributed by atoms with E-state index in [4.69, 9.17) is 4.74 Å². The van der Waals surface area contributed by atoms with Gasteiger partial charge in [0.15, 0.2) is 0 Å². The molecule has 1 fully saturated rings. The van der Waals surface area contributed by atoms with E-state index < -0.39 is 20.9 Å². The first kappa shape index (κ1) is 21.2. The average Bonchev–Trinajstić information content (AvgIpc) is 3.16. The molecule has 2 N–H and O–H groups in total. The van der Waals surface area contributed by atoms with Crippen LogP contribution in [0.5, 0.6) is 0 Å². The van der Waals surface area contributed by atoms with E-state index >= 15 is 0 Å². The normalized spacial score (nSPS) is 18.8. The van der Waals surface area contributed by atoms with Crippen molar-refractivity contribution in [3.63, 3.8) is 0 Å². The van der Waals surface area contributed by atoms with Gasteiger partial charge >= 0.3 is 0 Å². The van der Waals surface area contributed by atoms with Gasteiger partial charge in [-0.05, 0) is 30.2 Å². The van der Waals surface area contributed by atoms with Crippen molar-refractivity contribution >= 4 is 27.3 Å².